The third kappa shape index (κ3) is 4.42. The van der Waals surface area contributed by atoms with Gasteiger partial charge in [-0.05, 0) is 63.3 Å². The number of H-pyrrole nitrogens is 1. The second-order valence-electron chi connectivity index (χ2n) is 9.68. The minimum atomic E-state index is -0.665. The van der Waals surface area contributed by atoms with Gasteiger partial charge in [0.25, 0.3) is 11.5 Å². The van der Waals surface area contributed by atoms with Gasteiger partial charge in [0.05, 0.1) is 29.4 Å². The van der Waals surface area contributed by atoms with Crippen molar-refractivity contribution >= 4 is 49.3 Å². The molecule has 0 aliphatic heterocycles. The number of aliphatic hydroxyl groups excluding tert-OH is 1. The van der Waals surface area contributed by atoms with E-state index < -0.39 is 23.9 Å². The lowest BCUT2D eigenvalue weighted by molar-refractivity contribution is 0.102. The van der Waals surface area contributed by atoms with E-state index in [0.29, 0.717) is 32.3 Å². The lowest BCUT2D eigenvalue weighted by Crippen LogP contribution is -2.24. The fourth-order valence-electron chi connectivity index (χ4n) is 4.25. The van der Waals surface area contributed by atoms with E-state index in [-0.39, 0.29) is 22.1 Å². The minimum absolute atomic E-state index is 0.0984. The molecule has 1 amide bonds. The van der Waals surface area contributed by atoms with Crippen molar-refractivity contribution in [2.24, 2.45) is 0 Å². The topological polar surface area (TPSA) is 113 Å². The number of carbonyl (C=O) groups is 1. The van der Waals surface area contributed by atoms with Gasteiger partial charge in [-0.3, -0.25) is 9.59 Å². The van der Waals surface area contributed by atoms with Gasteiger partial charge in [0.2, 0.25) is 0 Å². The molecule has 5 aromatic rings. The van der Waals surface area contributed by atoms with Crippen molar-refractivity contribution in [1.82, 2.24) is 19.7 Å². The van der Waals surface area contributed by atoms with Crippen LogP contribution in [0.2, 0.25) is 0 Å². The van der Waals surface area contributed by atoms with Crippen LogP contribution >= 0.6 is 15.9 Å². The van der Waals surface area contributed by atoms with E-state index in [2.05, 4.69) is 36.3 Å². The molecule has 0 spiro atoms. The molecule has 3 aromatic heterocycles. The fraction of sp³-hybridized carbons (Fsp3) is 0.185. The summed E-state index contributed by atoms with van der Waals surface area (Å²) in [5, 5.41) is 18.2. The van der Waals surface area contributed by atoms with Crippen LogP contribution in [-0.2, 0) is 12.0 Å². The van der Waals surface area contributed by atoms with E-state index in [0.717, 1.165) is 10.2 Å². The van der Waals surface area contributed by atoms with Crippen LogP contribution in [0.15, 0.2) is 64.3 Å². The zero-order chi connectivity index (χ0) is 26.5. The van der Waals surface area contributed by atoms with Crippen molar-refractivity contribution in [3.63, 3.8) is 0 Å². The molecule has 0 unspecified atom stereocenters. The number of benzene rings is 2. The van der Waals surface area contributed by atoms with Gasteiger partial charge in [-0.2, -0.15) is 9.78 Å². The third-order valence-electron chi connectivity index (χ3n) is 6.24. The maximum absolute atomic E-state index is 15.1. The Morgan fingerprint density at radius 3 is 2.73 bits per heavy atom. The number of aromatic amines is 1. The fourth-order valence-corrected chi connectivity index (χ4v) is 4.56. The number of nitrogens with zero attached hydrogens (tertiary/aromatic N) is 3. The number of halogens is 2. The van der Waals surface area contributed by atoms with Gasteiger partial charge in [0.15, 0.2) is 0 Å². The van der Waals surface area contributed by atoms with Crippen LogP contribution in [-0.4, -0.2) is 30.8 Å². The number of aliphatic hydroxyl groups is 1. The summed E-state index contributed by atoms with van der Waals surface area (Å²) >= 11 is 3.30. The number of hydrogen-bond acceptors (Lipinski definition) is 5. The molecule has 0 bridgehead atoms. The Morgan fingerprint density at radius 2 is 2.00 bits per heavy atom. The van der Waals surface area contributed by atoms with Crippen molar-refractivity contribution in [1.29, 1.82) is 0 Å². The van der Waals surface area contributed by atoms with Crippen LogP contribution in [0.3, 0.4) is 0 Å². The predicted molar refractivity (Wildman–Crippen MR) is 144 cm³/mol. The maximum atomic E-state index is 15.1. The number of hydrogen-bond donors (Lipinski definition) is 3. The molecule has 3 N–H and O–H groups in total. The molecule has 37 heavy (non-hydrogen) atoms. The Bertz CT molecular complexity index is 1750. The summed E-state index contributed by atoms with van der Waals surface area (Å²) in [6.07, 6.45) is 2.98. The molecular weight excluding hydrogens is 541 g/mol. The van der Waals surface area contributed by atoms with Gasteiger partial charge in [0.1, 0.15) is 16.1 Å². The monoisotopic (exact) mass is 563 g/mol. The highest BCUT2D eigenvalue weighted by Crippen LogP contribution is 2.28. The SMILES string of the molecule is CC(C)(C)c1cc(F)c2c(=O)n(-c3cccc(NC(=O)c4c[nH]c5nc(Br)ccc45)c3CO)ncc2c1. The van der Waals surface area contributed by atoms with Crippen LogP contribution in [0.1, 0.15) is 42.3 Å². The molecule has 188 valence electrons. The number of fused-ring (bicyclic) bond motifs is 2. The first-order chi connectivity index (χ1) is 17.6. The number of aromatic nitrogens is 4. The van der Waals surface area contributed by atoms with Crippen molar-refractivity contribution in [3.8, 4) is 5.69 Å². The highest BCUT2D eigenvalue weighted by Gasteiger charge is 2.21. The molecule has 0 atom stereocenters. The summed E-state index contributed by atoms with van der Waals surface area (Å²) in [6.45, 7) is 5.38. The van der Waals surface area contributed by atoms with E-state index in [1.165, 1.54) is 12.3 Å². The van der Waals surface area contributed by atoms with Crippen LogP contribution in [0.25, 0.3) is 27.5 Å². The lowest BCUT2D eigenvalue weighted by atomic mass is 9.86. The van der Waals surface area contributed by atoms with E-state index in [4.69, 9.17) is 0 Å². The summed E-state index contributed by atoms with van der Waals surface area (Å²) in [5.74, 6) is -1.07. The van der Waals surface area contributed by atoms with E-state index in [1.54, 1.807) is 42.6 Å². The Kier molecular flexibility index (Phi) is 6.17. The van der Waals surface area contributed by atoms with Gasteiger partial charge in [0, 0.05) is 28.2 Å². The average Bonchev–Trinajstić information content (AvgIpc) is 3.26. The van der Waals surface area contributed by atoms with Gasteiger partial charge in [-0.25, -0.2) is 9.37 Å². The molecule has 0 aliphatic carbocycles. The van der Waals surface area contributed by atoms with Gasteiger partial charge >= 0.3 is 0 Å². The first kappa shape index (κ1) is 24.8. The van der Waals surface area contributed by atoms with Crippen LogP contribution < -0.4 is 10.9 Å². The van der Waals surface area contributed by atoms with Gasteiger partial charge in [-0.15, -0.1) is 0 Å². The number of pyridine rings is 1. The summed E-state index contributed by atoms with van der Waals surface area (Å²) in [6, 6.07) is 11.4. The first-order valence-electron chi connectivity index (χ1n) is 11.5. The summed E-state index contributed by atoms with van der Waals surface area (Å²) in [4.78, 5) is 33.7. The Hall–Kier alpha value is -3.89. The highest BCUT2D eigenvalue weighted by molar-refractivity contribution is 9.10. The standard InChI is InChI=1S/C27H23BrFN5O3/c1-27(2,3)15-9-14-11-31-34(26(37)23(14)19(29)10-15)21-6-4-5-20(18(21)13-35)32-25(36)17-12-30-24-16(17)7-8-22(28)33-24/h4-12,35H,13H2,1-3H3,(H,30,33)(H,32,36). The van der Waals surface area contributed by atoms with Crippen LogP contribution in [0.4, 0.5) is 10.1 Å². The van der Waals surface area contributed by atoms with E-state index in [1.807, 2.05) is 20.8 Å². The highest BCUT2D eigenvalue weighted by atomic mass is 79.9. The van der Waals surface area contributed by atoms with Crippen molar-refractivity contribution < 1.29 is 14.3 Å². The smallest absolute Gasteiger partial charge is 0.282 e. The number of carbonyl (C=O) groups excluding carboxylic acids is 1. The molecule has 0 fully saturated rings. The van der Waals surface area contributed by atoms with Crippen molar-refractivity contribution in [3.05, 3.63) is 92.3 Å². The van der Waals surface area contributed by atoms with Crippen LogP contribution in [0.5, 0.6) is 0 Å². The zero-order valence-corrected chi connectivity index (χ0v) is 21.9. The predicted octanol–water partition coefficient (Wildman–Crippen LogP) is 5.21. The number of rotatable bonds is 4. The molecule has 0 saturated carbocycles. The maximum Gasteiger partial charge on any atom is 0.282 e. The van der Waals surface area contributed by atoms with Crippen LogP contribution in [0, 0.1) is 5.82 Å². The van der Waals surface area contributed by atoms with E-state index in [9.17, 15) is 14.7 Å². The normalized spacial score (nSPS) is 11.8. The van der Waals surface area contributed by atoms with Crippen molar-refractivity contribution in [2.75, 3.05) is 5.32 Å². The third-order valence-corrected chi connectivity index (χ3v) is 6.68. The van der Waals surface area contributed by atoms with Gasteiger partial charge < -0.3 is 15.4 Å². The number of nitrogens with one attached hydrogen (secondary N) is 2. The number of amides is 1. The summed E-state index contributed by atoms with van der Waals surface area (Å²) in [7, 11) is 0. The Labute approximate surface area is 219 Å². The molecule has 0 saturated heterocycles. The van der Waals surface area contributed by atoms with E-state index >= 15 is 4.39 Å². The molecule has 10 heteroatoms. The Balaban J connectivity index is 1.58. The molecule has 3 heterocycles. The van der Waals surface area contributed by atoms with Gasteiger partial charge in [-0.1, -0.05) is 26.8 Å². The lowest BCUT2D eigenvalue weighted by Gasteiger charge is -2.20. The second kappa shape index (κ2) is 9.20. The molecule has 0 aliphatic rings. The second-order valence-corrected chi connectivity index (χ2v) is 10.5. The molecular formula is C27H23BrFN5O3. The molecule has 0 radical (unpaired) electrons. The minimum Gasteiger partial charge on any atom is -0.392 e. The first-order valence-corrected chi connectivity index (χ1v) is 12.3. The van der Waals surface area contributed by atoms with Crippen molar-refractivity contribution in [2.45, 2.75) is 32.8 Å². The average molecular weight is 564 g/mol. The summed E-state index contributed by atoms with van der Waals surface area (Å²) < 4.78 is 16.8. The Morgan fingerprint density at radius 1 is 1.22 bits per heavy atom. The largest absolute Gasteiger partial charge is 0.392 e. The quantitative estimate of drug-likeness (QED) is 0.260. The number of anilines is 1. The summed E-state index contributed by atoms with van der Waals surface area (Å²) in [5.41, 5.74) is 1.47. The molecule has 8 nitrogen and oxygen atoms in total. The molecule has 5 rings (SSSR count). The molecule has 2 aromatic carbocycles. The zero-order valence-electron chi connectivity index (χ0n) is 20.3.